The zero-order chi connectivity index (χ0) is 30.5. The molecule has 1 saturated heterocycles. The molecule has 0 bridgehead atoms. The SMILES string of the molecule is C#C[C@]1(COP(=O)(N[C@H](C)C(=O)OC(C)C)OCOC(=O)OC(C)C)O[C@@H](n2cnc3c(N)nc(Cl)nc32)C[C@@H]1O. The van der Waals surface area contributed by atoms with Gasteiger partial charge in [-0.25, -0.2) is 19.4 Å². The van der Waals surface area contributed by atoms with Crippen LogP contribution in [0.15, 0.2) is 6.33 Å². The fourth-order valence-corrected chi connectivity index (χ4v) is 5.16. The normalized spacial score (nSPS) is 22.8. The number of aliphatic hydroxyl groups is 1. The highest BCUT2D eigenvalue weighted by Crippen LogP contribution is 2.47. The number of esters is 1. The van der Waals surface area contributed by atoms with Crippen molar-refractivity contribution in [3.63, 3.8) is 0 Å². The van der Waals surface area contributed by atoms with Crippen molar-refractivity contribution in [2.45, 2.75) is 77.2 Å². The summed E-state index contributed by atoms with van der Waals surface area (Å²) in [6, 6.07) is -1.19. The second kappa shape index (κ2) is 13.3. The highest BCUT2D eigenvalue weighted by Gasteiger charge is 2.50. The van der Waals surface area contributed by atoms with Gasteiger partial charge in [0.2, 0.25) is 12.1 Å². The summed E-state index contributed by atoms with van der Waals surface area (Å²) in [6.45, 7) is 6.27. The van der Waals surface area contributed by atoms with Crippen molar-refractivity contribution in [3.05, 3.63) is 11.6 Å². The minimum atomic E-state index is -4.47. The first kappa shape index (κ1) is 32.5. The lowest BCUT2D eigenvalue weighted by molar-refractivity contribution is -0.149. The summed E-state index contributed by atoms with van der Waals surface area (Å²) in [5, 5.41) is 13.2. The molecule has 0 spiro atoms. The van der Waals surface area contributed by atoms with Gasteiger partial charge in [0.15, 0.2) is 17.1 Å². The number of nitrogens with zero attached hydrogens (tertiary/aromatic N) is 4. The quantitative estimate of drug-likeness (QED) is 0.102. The number of hydrogen-bond acceptors (Lipinski definition) is 14. The lowest BCUT2D eigenvalue weighted by atomic mass is 9.99. The molecule has 1 aliphatic rings. The highest BCUT2D eigenvalue weighted by molar-refractivity contribution is 7.51. The van der Waals surface area contributed by atoms with Crippen LogP contribution in [0.2, 0.25) is 5.28 Å². The van der Waals surface area contributed by atoms with Crippen LogP contribution in [0, 0.1) is 12.3 Å². The number of aromatic nitrogens is 4. The van der Waals surface area contributed by atoms with Gasteiger partial charge >= 0.3 is 19.9 Å². The molecular formula is C23H32ClN6O10P. The van der Waals surface area contributed by atoms with E-state index in [0.29, 0.717) is 0 Å². The number of carbonyl (C=O) groups is 2. The highest BCUT2D eigenvalue weighted by atomic mass is 35.5. The number of nitrogen functional groups attached to an aromatic ring is 1. The fourth-order valence-electron chi connectivity index (χ4n) is 3.63. The van der Waals surface area contributed by atoms with Crippen LogP contribution in [-0.2, 0) is 37.4 Å². The molecule has 18 heteroatoms. The van der Waals surface area contributed by atoms with Crippen LogP contribution in [-0.4, -0.2) is 80.1 Å². The number of rotatable bonds is 12. The second-order valence-electron chi connectivity index (χ2n) is 9.47. The van der Waals surface area contributed by atoms with E-state index in [1.807, 2.05) is 0 Å². The molecule has 0 saturated carbocycles. The summed E-state index contributed by atoms with van der Waals surface area (Å²) in [5.74, 6) is 1.62. The largest absolute Gasteiger partial charge is 0.510 e. The number of terminal acetylenes is 1. The number of halogens is 1. The Hall–Kier alpha value is -3.03. The van der Waals surface area contributed by atoms with Gasteiger partial charge in [0.1, 0.15) is 30.5 Å². The maximum absolute atomic E-state index is 13.6. The summed E-state index contributed by atoms with van der Waals surface area (Å²) in [7, 11) is -4.47. The third-order valence-corrected chi connectivity index (χ3v) is 7.31. The molecule has 4 N–H and O–H groups in total. The van der Waals surface area contributed by atoms with Crippen molar-refractivity contribution >= 4 is 48.5 Å². The first-order valence-electron chi connectivity index (χ1n) is 12.4. The Bertz CT molecular complexity index is 1350. The third kappa shape index (κ3) is 8.04. The molecule has 1 fully saturated rings. The molecule has 41 heavy (non-hydrogen) atoms. The Morgan fingerprint density at radius 3 is 2.61 bits per heavy atom. The summed E-state index contributed by atoms with van der Waals surface area (Å²) in [5.41, 5.74) is 4.50. The maximum Gasteiger partial charge on any atom is 0.510 e. The van der Waals surface area contributed by atoms with Crippen molar-refractivity contribution in [1.29, 1.82) is 0 Å². The molecule has 2 aromatic heterocycles. The van der Waals surface area contributed by atoms with E-state index in [4.69, 9.17) is 51.8 Å². The maximum atomic E-state index is 13.6. The third-order valence-electron chi connectivity index (χ3n) is 5.52. The standard InChI is InChI=1S/C23H32ClN6O10P/c1-7-23(15(31)8-16(40-23)30-10-26-17-18(25)27-21(24)28-19(17)30)9-36-41(34,29-14(6)20(32)38-12(2)3)37-11-35-22(33)39-13(4)5/h1,10,12-16,31H,8-9,11H2,2-6H3,(H,29,34)(H2,25,27,28)/t14-,15+,16-,23-,41?/m1/s1. The molecule has 0 aliphatic carbocycles. The van der Waals surface area contributed by atoms with Gasteiger partial charge in [0.25, 0.3) is 0 Å². The Balaban J connectivity index is 1.79. The molecule has 16 nitrogen and oxygen atoms in total. The van der Waals surface area contributed by atoms with Gasteiger partial charge in [-0.05, 0) is 46.2 Å². The van der Waals surface area contributed by atoms with Crippen molar-refractivity contribution in [2.75, 3.05) is 19.1 Å². The van der Waals surface area contributed by atoms with E-state index in [9.17, 15) is 19.3 Å². The van der Waals surface area contributed by atoms with Crippen LogP contribution >= 0.6 is 19.3 Å². The smallest absolute Gasteiger partial charge is 0.462 e. The fraction of sp³-hybridized carbons (Fsp3) is 0.609. The number of carbonyl (C=O) groups excluding carboxylic acids is 2. The van der Waals surface area contributed by atoms with Crippen LogP contribution in [0.1, 0.15) is 47.3 Å². The summed E-state index contributed by atoms with van der Waals surface area (Å²) < 4.78 is 46.5. The Kier molecular flexibility index (Phi) is 10.5. The van der Waals surface area contributed by atoms with Crippen LogP contribution in [0.3, 0.4) is 0 Å². The summed E-state index contributed by atoms with van der Waals surface area (Å²) >= 11 is 5.94. The van der Waals surface area contributed by atoms with E-state index < -0.39 is 69.5 Å². The average Bonchev–Trinajstić information content (AvgIpc) is 3.43. The monoisotopic (exact) mass is 618 g/mol. The number of fused-ring (bicyclic) bond motifs is 1. The predicted octanol–water partition coefficient (Wildman–Crippen LogP) is 2.30. The first-order chi connectivity index (χ1) is 19.2. The zero-order valence-corrected chi connectivity index (χ0v) is 24.6. The predicted molar refractivity (Wildman–Crippen MR) is 143 cm³/mol. The van der Waals surface area contributed by atoms with Gasteiger partial charge in [0.05, 0.1) is 18.5 Å². The van der Waals surface area contributed by atoms with Gasteiger partial charge in [-0.1, -0.05) is 5.92 Å². The van der Waals surface area contributed by atoms with Crippen LogP contribution in [0.5, 0.6) is 0 Å². The minimum absolute atomic E-state index is 0.0395. The Labute approximate surface area is 240 Å². The van der Waals surface area contributed by atoms with Crippen molar-refractivity contribution < 1.29 is 47.3 Å². The average molecular weight is 619 g/mol. The molecule has 0 amide bonds. The van der Waals surface area contributed by atoms with E-state index in [2.05, 4.69) is 26.0 Å². The Morgan fingerprint density at radius 2 is 1.98 bits per heavy atom. The number of ether oxygens (including phenoxy) is 4. The number of imidazole rings is 1. The number of anilines is 1. The van der Waals surface area contributed by atoms with Crippen LogP contribution < -0.4 is 10.8 Å². The molecule has 1 aliphatic heterocycles. The first-order valence-corrected chi connectivity index (χ1v) is 14.3. The van der Waals surface area contributed by atoms with Crippen molar-refractivity contribution in [2.24, 2.45) is 0 Å². The van der Waals surface area contributed by atoms with E-state index in [1.165, 1.54) is 17.8 Å². The molecule has 0 aromatic carbocycles. The van der Waals surface area contributed by atoms with Gasteiger partial charge < -0.3 is 29.8 Å². The lowest BCUT2D eigenvalue weighted by Crippen LogP contribution is -2.43. The second-order valence-corrected chi connectivity index (χ2v) is 11.6. The summed E-state index contributed by atoms with van der Waals surface area (Å²) in [4.78, 5) is 36.2. The van der Waals surface area contributed by atoms with Gasteiger partial charge in [-0.15, -0.1) is 6.42 Å². The number of nitrogens with two attached hydrogens (primary N) is 1. The van der Waals surface area contributed by atoms with E-state index >= 15 is 0 Å². The number of aliphatic hydroxyl groups excluding tert-OH is 1. The van der Waals surface area contributed by atoms with Crippen molar-refractivity contribution in [1.82, 2.24) is 24.6 Å². The minimum Gasteiger partial charge on any atom is -0.462 e. The van der Waals surface area contributed by atoms with Gasteiger partial charge in [-0.3, -0.25) is 18.4 Å². The molecule has 0 radical (unpaired) electrons. The van der Waals surface area contributed by atoms with Crippen LogP contribution in [0.25, 0.3) is 11.2 Å². The van der Waals surface area contributed by atoms with Crippen LogP contribution in [0.4, 0.5) is 10.6 Å². The van der Waals surface area contributed by atoms with Gasteiger partial charge in [0, 0.05) is 6.42 Å². The molecule has 226 valence electrons. The molecule has 3 heterocycles. The molecule has 2 aromatic rings. The lowest BCUT2D eigenvalue weighted by Gasteiger charge is -2.29. The molecule has 1 unspecified atom stereocenters. The Morgan fingerprint density at radius 1 is 1.29 bits per heavy atom. The molecule has 5 atom stereocenters. The topological polar surface area (TPSA) is 208 Å². The summed E-state index contributed by atoms with van der Waals surface area (Å²) in [6.07, 6.45) is 2.77. The van der Waals surface area contributed by atoms with Gasteiger partial charge in [-0.2, -0.15) is 9.97 Å². The van der Waals surface area contributed by atoms with E-state index in [1.54, 1.807) is 27.7 Å². The molecular weight excluding hydrogens is 587 g/mol. The van der Waals surface area contributed by atoms with E-state index in [0.717, 1.165) is 0 Å². The number of nitrogens with one attached hydrogen (secondary N) is 1. The van der Waals surface area contributed by atoms with Crippen molar-refractivity contribution in [3.8, 4) is 12.3 Å². The van der Waals surface area contributed by atoms with E-state index in [-0.39, 0.29) is 28.7 Å². The zero-order valence-electron chi connectivity index (χ0n) is 23.0. The molecule has 3 rings (SSSR count). The number of hydrogen-bond donors (Lipinski definition) is 3.